The van der Waals surface area contributed by atoms with Gasteiger partial charge in [-0.05, 0) is 49.1 Å². The van der Waals surface area contributed by atoms with E-state index in [-0.39, 0.29) is 29.9 Å². The first-order valence-electron chi connectivity index (χ1n) is 6.68. The highest BCUT2D eigenvalue weighted by atomic mass is 32.1. The molecule has 1 aromatic rings. The Labute approximate surface area is 117 Å². The lowest BCUT2D eigenvalue weighted by Gasteiger charge is -2.40. The van der Waals surface area contributed by atoms with Crippen molar-refractivity contribution in [3.8, 4) is 0 Å². The number of carbonyl (C=O) groups excluding carboxylic acids is 2. The summed E-state index contributed by atoms with van der Waals surface area (Å²) < 4.78 is 0. The minimum atomic E-state index is -0.385. The summed E-state index contributed by atoms with van der Waals surface area (Å²) in [6.07, 6.45) is 1.43. The van der Waals surface area contributed by atoms with E-state index >= 15 is 0 Å². The Morgan fingerprint density at radius 3 is 2.79 bits per heavy atom. The van der Waals surface area contributed by atoms with E-state index in [9.17, 15) is 9.59 Å². The number of hydrogen-bond donors (Lipinski definition) is 1. The Hall–Kier alpha value is -1.36. The molecule has 0 aliphatic carbocycles. The average Bonchev–Trinajstić information content (AvgIpc) is 2.86. The van der Waals surface area contributed by atoms with Crippen molar-refractivity contribution in [2.45, 2.75) is 51.7 Å². The molecule has 104 valence electrons. The molecule has 2 rings (SSSR count). The van der Waals surface area contributed by atoms with Crippen LogP contribution in [0.4, 0.5) is 0 Å². The second-order valence-corrected chi connectivity index (χ2v) is 5.86. The van der Waals surface area contributed by atoms with Gasteiger partial charge >= 0.3 is 0 Å². The number of rotatable bonds is 4. The minimum Gasteiger partial charge on any atom is -0.343 e. The Morgan fingerprint density at radius 1 is 1.47 bits per heavy atom. The molecule has 0 bridgehead atoms. The molecule has 1 fully saturated rings. The molecule has 0 aromatic carbocycles. The van der Waals surface area contributed by atoms with E-state index < -0.39 is 0 Å². The second kappa shape index (κ2) is 5.74. The van der Waals surface area contributed by atoms with Crippen LogP contribution in [0.1, 0.15) is 32.8 Å². The zero-order valence-corrected chi connectivity index (χ0v) is 12.4. The number of nitrogens with zero attached hydrogens (tertiary/aromatic N) is 1. The summed E-state index contributed by atoms with van der Waals surface area (Å²) in [5, 5.41) is 6.90. The molecule has 4 nitrogen and oxygen atoms in total. The Morgan fingerprint density at radius 2 is 2.21 bits per heavy atom. The molecule has 2 heterocycles. The van der Waals surface area contributed by atoms with Gasteiger partial charge in [0.05, 0.1) is 0 Å². The highest BCUT2D eigenvalue weighted by Gasteiger charge is 2.39. The Balaban J connectivity index is 2.14. The SMILES string of the molecule is CCC1NC(=O)C(C)N(C(C)Cc2ccsc2)C1=O. The summed E-state index contributed by atoms with van der Waals surface area (Å²) in [6.45, 7) is 5.72. The van der Waals surface area contributed by atoms with E-state index in [1.54, 1.807) is 23.2 Å². The van der Waals surface area contributed by atoms with Crippen molar-refractivity contribution >= 4 is 23.2 Å². The normalized spacial score (nSPS) is 25.3. The lowest BCUT2D eigenvalue weighted by atomic mass is 10.0. The fourth-order valence-corrected chi connectivity index (χ4v) is 3.26. The van der Waals surface area contributed by atoms with Crippen molar-refractivity contribution in [3.63, 3.8) is 0 Å². The Bertz CT molecular complexity index is 458. The van der Waals surface area contributed by atoms with Gasteiger partial charge in [0.2, 0.25) is 11.8 Å². The molecule has 1 aliphatic heterocycles. The van der Waals surface area contributed by atoms with Gasteiger partial charge in [-0.3, -0.25) is 9.59 Å². The highest BCUT2D eigenvalue weighted by molar-refractivity contribution is 7.07. The maximum Gasteiger partial charge on any atom is 0.246 e. The van der Waals surface area contributed by atoms with Gasteiger partial charge in [0.1, 0.15) is 12.1 Å². The third-order valence-corrected chi connectivity index (χ3v) is 4.39. The molecule has 1 aromatic heterocycles. The first kappa shape index (κ1) is 14.1. The summed E-state index contributed by atoms with van der Waals surface area (Å²) >= 11 is 1.65. The maximum atomic E-state index is 12.4. The van der Waals surface area contributed by atoms with E-state index in [1.165, 1.54) is 5.56 Å². The van der Waals surface area contributed by atoms with E-state index in [1.807, 2.05) is 19.2 Å². The van der Waals surface area contributed by atoms with Crippen molar-refractivity contribution in [2.75, 3.05) is 0 Å². The van der Waals surface area contributed by atoms with Crippen molar-refractivity contribution in [1.29, 1.82) is 0 Å². The fraction of sp³-hybridized carbons (Fsp3) is 0.571. The molecule has 1 saturated heterocycles. The van der Waals surface area contributed by atoms with Crippen LogP contribution in [0.15, 0.2) is 16.8 Å². The molecule has 0 radical (unpaired) electrons. The van der Waals surface area contributed by atoms with Gasteiger partial charge in [-0.15, -0.1) is 0 Å². The molecule has 19 heavy (non-hydrogen) atoms. The van der Waals surface area contributed by atoms with Crippen molar-refractivity contribution in [2.24, 2.45) is 0 Å². The van der Waals surface area contributed by atoms with E-state index in [2.05, 4.69) is 16.8 Å². The van der Waals surface area contributed by atoms with E-state index in [0.29, 0.717) is 6.42 Å². The number of hydrogen-bond acceptors (Lipinski definition) is 3. The van der Waals surface area contributed by atoms with Crippen LogP contribution in [0.5, 0.6) is 0 Å². The first-order valence-corrected chi connectivity index (χ1v) is 7.62. The van der Waals surface area contributed by atoms with Gasteiger partial charge < -0.3 is 10.2 Å². The molecule has 5 heteroatoms. The zero-order chi connectivity index (χ0) is 14.0. The predicted molar refractivity (Wildman–Crippen MR) is 76.0 cm³/mol. The average molecular weight is 280 g/mol. The lowest BCUT2D eigenvalue weighted by Crippen LogP contribution is -2.64. The number of amides is 2. The van der Waals surface area contributed by atoms with Crippen molar-refractivity contribution < 1.29 is 9.59 Å². The smallest absolute Gasteiger partial charge is 0.246 e. The molecule has 0 spiro atoms. The molecule has 1 aliphatic rings. The molecular formula is C14H20N2O2S. The van der Waals surface area contributed by atoms with Crippen molar-refractivity contribution in [1.82, 2.24) is 10.2 Å². The molecule has 3 unspecified atom stereocenters. The second-order valence-electron chi connectivity index (χ2n) is 5.08. The number of piperazine rings is 1. The lowest BCUT2D eigenvalue weighted by molar-refractivity contribution is -0.151. The summed E-state index contributed by atoms with van der Waals surface area (Å²) in [6, 6.07) is 1.35. The standard InChI is InChI=1S/C14H20N2O2S/c1-4-12-14(18)16(10(3)13(17)15-12)9(2)7-11-5-6-19-8-11/h5-6,8-10,12H,4,7H2,1-3H3,(H,15,17). The number of thiophene rings is 1. The Kier molecular flexibility index (Phi) is 4.24. The molecule has 2 amide bonds. The van der Waals surface area contributed by atoms with Crippen LogP contribution in [-0.4, -0.2) is 34.8 Å². The quantitative estimate of drug-likeness (QED) is 0.914. The van der Waals surface area contributed by atoms with Crippen LogP contribution in [0, 0.1) is 0 Å². The highest BCUT2D eigenvalue weighted by Crippen LogP contribution is 2.19. The monoisotopic (exact) mass is 280 g/mol. The molecule has 0 saturated carbocycles. The number of nitrogens with one attached hydrogen (secondary N) is 1. The van der Waals surface area contributed by atoms with Gasteiger partial charge in [0.25, 0.3) is 0 Å². The van der Waals surface area contributed by atoms with Crippen LogP contribution in [0.2, 0.25) is 0 Å². The summed E-state index contributed by atoms with van der Waals surface area (Å²) in [5.41, 5.74) is 1.22. The van der Waals surface area contributed by atoms with Crippen LogP contribution >= 0.6 is 11.3 Å². The summed E-state index contributed by atoms with van der Waals surface area (Å²) in [7, 11) is 0. The number of carbonyl (C=O) groups is 2. The van der Waals surface area contributed by atoms with Crippen LogP contribution < -0.4 is 5.32 Å². The van der Waals surface area contributed by atoms with E-state index in [4.69, 9.17) is 0 Å². The van der Waals surface area contributed by atoms with E-state index in [0.717, 1.165) is 6.42 Å². The summed E-state index contributed by atoms with van der Waals surface area (Å²) in [5.74, 6) is -0.0130. The molecule has 3 atom stereocenters. The molecular weight excluding hydrogens is 260 g/mol. The minimum absolute atomic E-state index is 0.0391. The van der Waals surface area contributed by atoms with Crippen LogP contribution in [0.3, 0.4) is 0 Å². The van der Waals surface area contributed by atoms with Crippen molar-refractivity contribution in [3.05, 3.63) is 22.4 Å². The van der Waals surface area contributed by atoms with Gasteiger partial charge in [0.15, 0.2) is 0 Å². The topological polar surface area (TPSA) is 49.4 Å². The largest absolute Gasteiger partial charge is 0.343 e. The third-order valence-electron chi connectivity index (χ3n) is 3.66. The third kappa shape index (κ3) is 2.81. The van der Waals surface area contributed by atoms with Crippen LogP contribution in [-0.2, 0) is 16.0 Å². The van der Waals surface area contributed by atoms with Gasteiger partial charge in [-0.1, -0.05) is 6.92 Å². The fourth-order valence-electron chi connectivity index (χ4n) is 2.58. The predicted octanol–water partition coefficient (Wildman–Crippen LogP) is 1.80. The first-order chi connectivity index (χ1) is 9.04. The zero-order valence-electron chi connectivity index (χ0n) is 11.6. The molecule has 1 N–H and O–H groups in total. The van der Waals surface area contributed by atoms with Gasteiger partial charge in [-0.2, -0.15) is 11.3 Å². The van der Waals surface area contributed by atoms with Gasteiger partial charge in [-0.25, -0.2) is 0 Å². The van der Waals surface area contributed by atoms with Crippen LogP contribution in [0.25, 0.3) is 0 Å². The van der Waals surface area contributed by atoms with Gasteiger partial charge in [0, 0.05) is 6.04 Å². The maximum absolute atomic E-state index is 12.4. The summed E-state index contributed by atoms with van der Waals surface area (Å²) in [4.78, 5) is 26.1.